The highest BCUT2D eigenvalue weighted by Gasteiger charge is 2.21. The van der Waals surface area contributed by atoms with Crippen LogP contribution in [0, 0.1) is 5.92 Å². The Kier molecular flexibility index (Phi) is 4.85. The lowest BCUT2D eigenvalue weighted by Gasteiger charge is -2.11. The van der Waals surface area contributed by atoms with Crippen LogP contribution in [-0.4, -0.2) is 37.1 Å². The van der Waals surface area contributed by atoms with Crippen LogP contribution >= 0.6 is 0 Å². The molecule has 0 spiro atoms. The topological polar surface area (TPSA) is 63.2 Å². The van der Waals surface area contributed by atoms with E-state index in [0.29, 0.717) is 13.2 Å². The zero-order valence-electron chi connectivity index (χ0n) is 12.5. The number of amides is 1. The third kappa shape index (κ3) is 3.54. The van der Waals surface area contributed by atoms with Crippen molar-refractivity contribution in [1.82, 2.24) is 15.6 Å². The summed E-state index contributed by atoms with van der Waals surface area (Å²) in [5, 5.41) is 7.25. The van der Waals surface area contributed by atoms with Crippen molar-refractivity contribution < 1.29 is 9.53 Å². The van der Waals surface area contributed by atoms with Gasteiger partial charge in [-0.3, -0.25) is 9.78 Å². The SMILES string of the molecule is O=C(NCCCOc1cccc2cccnc12)C1CCNC1. The lowest BCUT2D eigenvalue weighted by atomic mass is 10.1. The number of fused-ring (bicyclic) bond motifs is 1. The fourth-order valence-corrected chi connectivity index (χ4v) is 2.68. The summed E-state index contributed by atoms with van der Waals surface area (Å²) in [6, 6.07) is 9.85. The standard InChI is InChI=1S/C17H21N3O2/c21-17(14-7-10-18-12-14)20-9-3-11-22-15-6-1-4-13-5-2-8-19-16(13)15/h1-2,4-6,8,14,18H,3,7,9-12H2,(H,20,21). The molecule has 2 aromatic rings. The minimum Gasteiger partial charge on any atom is -0.491 e. The van der Waals surface area contributed by atoms with E-state index < -0.39 is 0 Å². The van der Waals surface area contributed by atoms with Crippen LogP contribution in [0.1, 0.15) is 12.8 Å². The number of aromatic nitrogens is 1. The molecule has 1 aromatic carbocycles. The van der Waals surface area contributed by atoms with E-state index in [1.807, 2.05) is 30.3 Å². The number of pyridine rings is 1. The predicted molar refractivity (Wildman–Crippen MR) is 85.8 cm³/mol. The number of rotatable bonds is 6. The summed E-state index contributed by atoms with van der Waals surface area (Å²) in [5.74, 6) is 1.07. The summed E-state index contributed by atoms with van der Waals surface area (Å²) in [6.45, 7) is 2.95. The number of hydrogen-bond donors (Lipinski definition) is 2. The highest BCUT2D eigenvalue weighted by Crippen LogP contribution is 2.22. The highest BCUT2D eigenvalue weighted by molar-refractivity contribution is 5.84. The Balaban J connectivity index is 1.43. The second kappa shape index (κ2) is 7.22. The molecule has 2 N–H and O–H groups in total. The van der Waals surface area contributed by atoms with E-state index >= 15 is 0 Å². The van der Waals surface area contributed by atoms with Crippen LogP contribution < -0.4 is 15.4 Å². The third-order valence-electron chi connectivity index (χ3n) is 3.90. The van der Waals surface area contributed by atoms with Crippen molar-refractivity contribution in [3.05, 3.63) is 36.5 Å². The summed E-state index contributed by atoms with van der Waals surface area (Å²) in [5.41, 5.74) is 0.881. The number of nitrogens with zero attached hydrogens (tertiary/aromatic N) is 1. The number of benzene rings is 1. The Morgan fingerprint density at radius 2 is 2.27 bits per heavy atom. The minimum atomic E-state index is 0.128. The van der Waals surface area contributed by atoms with Gasteiger partial charge >= 0.3 is 0 Å². The molecular weight excluding hydrogens is 278 g/mol. The van der Waals surface area contributed by atoms with E-state index in [1.165, 1.54) is 0 Å². The van der Waals surface area contributed by atoms with Crippen molar-refractivity contribution in [2.45, 2.75) is 12.8 Å². The zero-order chi connectivity index (χ0) is 15.2. The molecule has 5 nitrogen and oxygen atoms in total. The first-order valence-corrected chi connectivity index (χ1v) is 7.79. The molecule has 0 aliphatic carbocycles. The Morgan fingerprint density at radius 3 is 3.14 bits per heavy atom. The van der Waals surface area contributed by atoms with Gasteiger partial charge in [-0.15, -0.1) is 0 Å². The van der Waals surface area contributed by atoms with Gasteiger partial charge in [0.05, 0.1) is 12.5 Å². The van der Waals surface area contributed by atoms with Gasteiger partial charge in [0.2, 0.25) is 5.91 Å². The summed E-state index contributed by atoms with van der Waals surface area (Å²) >= 11 is 0. The highest BCUT2D eigenvalue weighted by atomic mass is 16.5. The monoisotopic (exact) mass is 299 g/mol. The number of nitrogens with one attached hydrogen (secondary N) is 2. The molecule has 1 fully saturated rings. The molecule has 2 heterocycles. The maximum absolute atomic E-state index is 11.9. The van der Waals surface area contributed by atoms with Crippen LogP contribution in [0.2, 0.25) is 0 Å². The Morgan fingerprint density at radius 1 is 1.36 bits per heavy atom. The van der Waals surface area contributed by atoms with E-state index in [1.54, 1.807) is 6.20 Å². The number of carbonyl (C=O) groups is 1. The first-order chi connectivity index (χ1) is 10.8. The van der Waals surface area contributed by atoms with Gasteiger partial charge in [0.15, 0.2) is 0 Å². The Labute approximate surface area is 130 Å². The van der Waals surface area contributed by atoms with E-state index in [0.717, 1.165) is 42.6 Å². The number of para-hydroxylation sites is 1. The maximum atomic E-state index is 11.9. The van der Waals surface area contributed by atoms with Crippen LogP contribution in [0.5, 0.6) is 5.75 Å². The largest absolute Gasteiger partial charge is 0.491 e. The Hall–Kier alpha value is -2.14. The van der Waals surface area contributed by atoms with E-state index in [-0.39, 0.29) is 11.8 Å². The molecular formula is C17H21N3O2. The van der Waals surface area contributed by atoms with E-state index in [9.17, 15) is 4.79 Å². The van der Waals surface area contributed by atoms with Gasteiger partial charge in [-0.1, -0.05) is 18.2 Å². The zero-order valence-corrected chi connectivity index (χ0v) is 12.5. The summed E-state index contributed by atoms with van der Waals surface area (Å²) in [6.07, 6.45) is 3.49. The molecule has 1 amide bonds. The van der Waals surface area contributed by atoms with Crippen molar-refractivity contribution in [3.63, 3.8) is 0 Å². The molecule has 0 bridgehead atoms. The number of ether oxygens (including phenoxy) is 1. The van der Waals surface area contributed by atoms with E-state index in [2.05, 4.69) is 15.6 Å². The molecule has 5 heteroatoms. The van der Waals surface area contributed by atoms with Crippen molar-refractivity contribution in [1.29, 1.82) is 0 Å². The smallest absolute Gasteiger partial charge is 0.224 e. The van der Waals surface area contributed by atoms with Gasteiger partial charge in [0.1, 0.15) is 11.3 Å². The van der Waals surface area contributed by atoms with Gasteiger partial charge in [-0.2, -0.15) is 0 Å². The van der Waals surface area contributed by atoms with Crippen LogP contribution in [0.25, 0.3) is 10.9 Å². The second-order valence-corrected chi connectivity index (χ2v) is 5.51. The van der Waals surface area contributed by atoms with Crippen molar-refractivity contribution in [3.8, 4) is 5.75 Å². The predicted octanol–water partition coefficient (Wildman–Crippen LogP) is 1.73. The molecule has 0 saturated carbocycles. The number of hydrogen-bond acceptors (Lipinski definition) is 4. The van der Waals surface area contributed by atoms with Crippen LogP contribution in [0.15, 0.2) is 36.5 Å². The summed E-state index contributed by atoms with van der Waals surface area (Å²) in [7, 11) is 0. The number of carbonyl (C=O) groups excluding carboxylic acids is 1. The van der Waals surface area contributed by atoms with Crippen molar-refractivity contribution in [2.24, 2.45) is 5.92 Å². The fourth-order valence-electron chi connectivity index (χ4n) is 2.68. The van der Waals surface area contributed by atoms with Gasteiger partial charge in [-0.05, 0) is 31.5 Å². The molecule has 1 unspecified atom stereocenters. The normalized spacial score (nSPS) is 17.5. The molecule has 0 radical (unpaired) electrons. The lowest BCUT2D eigenvalue weighted by molar-refractivity contribution is -0.124. The van der Waals surface area contributed by atoms with Gasteiger partial charge < -0.3 is 15.4 Å². The van der Waals surface area contributed by atoms with Gasteiger partial charge in [0.25, 0.3) is 0 Å². The minimum absolute atomic E-state index is 0.128. The first-order valence-electron chi connectivity index (χ1n) is 7.79. The first kappa shape index (κ1) is 14.8. The lowest BCUT2D eigenvalue weighted by Crippen LogP contribution is -2.33. The maximum Gasteiger partial charge on any atom is 0.224 e. The molecule has 22 heavy (non-hydrogen) atoms. The second-order valence-electron chi connectivity index (χ2n) is 5.51. The average molecular weight is 299 g/mol. The van der Waals surface area contributed by atoms with E-state index in [4.69, 9.17) is 4.74 Å². The Bertz CT molecular complexity index is 633. The quantitative estimate of drug-likeness (QED) is 0.797. The average Bonchev–Trinajstić information content (AvgIpc) is 3.09. The van der Waals surface area contributed by atoms with Crippen molar-refractivity contribution >= 4 is 16.8 Å². The van der Waals surface area contributed by atoms with Crippen LogP contribution in [0.4, 0.5) is 0 Å². The molecule has 116 valence electrons. The van der Waals surface area contributed by atoms with Gasteiger partial charge in [0, 0.05) is 24.7 Å². The van der Waals surface area contributed by atoms with Crippen molar-refractivity contribution in [2.75, 3.05) is 26.2 Å². The third-order valence-corrected chi connectivity index (χ3v) is 3.90. The molecule has 1 aromatic heterocycles. The van der Waals surface area contributed by atoms with Crippen LogP contribution in [-0.2, 0) is 4.79 Å². The fraction of sp³-hybridized carbons (Fsp3) is 0.412. The molecule has 1 atom stereocenters. The molecule has 1 saturated heterocycles. The van der Waals surface area contributed by atoms with Crippen LogP contribution in [0.3, 0.4) is 0 Å². The summed E-state index contributed by atoms with van der Waals surface area (Å²) < 4.78 is 5.80. The molecule has 1 aliphatic rings. The van der Waals surface area contributed by atoms with Gasteiger partial charge in [-0.25, -0.2) is 0 Å². The molecule has 3 rings (SSSR count). The summed E-state index contributed by atoms with van der Waals surface area (Å²) in [4.78, 5) is 16.2. The molecule has 1 aliphatic heterocycles.